The summed E-state index contributed by atoms with van der Waals surface area (Å²) in [6.07, 6.45) is 2.46. The van der Waals surface area contributed by atoms with E-state index in [-0.39, 0.29) is 11.2 Å². The first-order valence-corrected chi connectivity index (χ1v) is 9.96. The molecule has 0 spiro atoms. The molecule has 1 aliphatic heterocycles. The lowest BCUT2D eigenvalue weighted by atomic mass is 10.1. The van der Waals surface area contributed by atoms with E-state index < -0.39 is 11.9 Å². The van der Waals surface area contributed by atoms with Crippen molar-refractivity contribution in [2.75, 3.05) is 26.6 Å². The number of nitrogens with one attached hydrogen (secondary N) is 1. The number of benzene rings is 2. The SMILES string of the molecule is COc1ccc(C=C2CCn3c2nc2cc(NC(=O)C(=O)O)ccc2c3=O)c(OC)c1OC. The smallest absolute Gasteiger partial charge is 0.394 e. The maximum absolute atomic E-state index is 13.0. The maximum Gasteiger partial charge on any atom is 0.394 e. The Labute approximate surface area is 188 Å². The number of fused-ring (bicyclic) bond motifs is 2. The van der Waals surface area contributed by atoms with Gasteiger partial charge in [0.1, 0.15) is 5.82 Å². The number of rotatable bonds is 5. The summed E-state index contributed by atoms with van der Waals surface area (Å²) >= 11 is 0. The van der Waals surface area contributed by atoms with Crippen LogP contribution in [0.1, 0.15) is 17.8 Å². The number of allylic oxidation sites excluding steroid dienone is 1. The molecule has 1 aliphatic rings. The lowest BCUT2D eigenvalue weighted by molar-refractivity contribution is -0.147. The van der Waals surface area contributed by atoms with Crippen molar-refractivity contribution < 1.29 is 28.9 Å². The van der Waals surface area contributed by atoms with Crippen LogP contribution in [0.3, 0.4) is 0 Å². The maximum atomic E-state index is 13.0. The first kappa shape index (κ1) is 21.9. The van der Waals surface area contributed by atoms with E-state index in [1.807, 2.05) is 12.1 Å². The van der Waals surface area contributed by atoms with E-state index >= 15 is 0 Å². The van der Waals surface area contributed by atoms with Crippen molar-refractivity contribution in [1.82, 2.24) is 9.55 Å². The predicted molar refractivity (Wildman–Crippen MR) is 121 cm³/mol. The number of hydrogen-bond acceptors (Lipinski definition) is 7. The number of carbonyl (C=O) groups excluding carboxylic acids is 1. The number of nitrogens with zero attached hydrogens (tertiary/aromatic N) is 2. The standard InChI is InChI=1S/C23H21N3O7/c1-31-17-7-4-12(18(32-2)19(17)33-3)10-13-8-9-26-20(13)25-16-11-14(24-21(27)23(29)30)5-6-15(16)22(26)28/h4-7,10-11H,8-9H2,1-3H3,(H,24,27)(H,29,30). The monoisotopic (exact) mass is 451 g/mol. The second-order valence-corrected chi connectivity index (χ2v) is 7.23. The molecule has 10 heteroatoms. The number of amides is 1. The first-order valence-electron chi connectivity index (χ1n) is 9.96. The summed E-state index contributed by atoms with van der Waals surface area (Å²) in [6.45, 7) is 0.468. The van der Waals surface area contributed by atoms with Gasteiger partial charge < -0.3 is 24.6 Å². The number of anilines is 1. The van der Waals surface area contributed by atoms with Crippen molar-refractivity contribution in [2.45, 2.75) is 13.0 Å². The fraction of sp³-hybridized carbons (Fsp3) is 0.217. The topological polar surface area (TPSA) is 129 Å². The number of carbonyl (C=O) groups is 2. The average Bonchev–Trinajstić information content (AvgIpc) is 3.21. The largest absolute Gasteiger partial charge is 0.493 e. The van der Waals surface area contributed by atoms with Crippen LogP contribution in [-0.2, 0) is 16.1 Å². The van der Waals surface area contributed by atoms with Gasteiger partial charge in [0.05, 0.1) is 32.2 Å². The molecule has 0 unspecified atom stereocenters. The van der Waals surface area contributed by atoms with Gasteiger partial charge in [-0.15, -0.1) is 0 Å². The van der Waals surface area contributed by atoms with Gasteiger partial charge in [-0.05, 0) is 48.4 Å². The second kappa shape index (κ2) is 8.65. The van der Waals surface area contributed by atoms with Gasteiger partial charge in [0.15, 0.2) is 11.5 Å². The summed E-state index contributed by atoms with van der Waals surface area (Å²) < 4.78 is 17.9. The van der Waals surface area contributed by atoms with E-state index in [1.165, 1.54) is 39.5 Å². The minimum Gasteiger partial charge on any atom is -0.493 e. The number of aliphatic carboxylic acids is 1. The van der Waals surface area contributed by atoms with Crippen LogP contribution in [0.15, 0.2) is 35.1 Å². The summed E-state index contributed by atoms with van der Waals surface area (Å²) in [4.78, 5) is 40.0. The zero-order valence-electron chi connectivity index (χ0n) is 18.2. The van der Waals surface area contributed by atoms with E-state index in [0.717, 1.165) is 11.1 Å². The molecule has 1 amide bonds. The summed E-state index contributed by atoms with van der Waals surface area (Å²) in [5.41, 5.74) is 1.92. The Morgan fingerprint density at radius 1 is 1.09 bits per heavy atom. The summed E-state index contributed by atoms with van der Waals surface area (Å²) in [7, 11) is 4.60. The molecule has 0 saturated heterocycles. The molecule has 170 valence electrons. The Balaban J connectivity index is 1.82. The lowest BCUT2D eigenvalue weighted by Crippen LogP contribution is -2.23. The predicted octanol–water partition coefficient (Wildman–Crippen LogP) is 2.39. The van der Waals surface area contributed by atoms with Crippen molar-refractivity contribution in [3.05, 3.63) is 52.1 Å². The van der Waals surface area contributed by atoms with Crippen LogP contribution in [0.2, 0.25) is 0 Å². The molecular formula is C23H21N3O7. The highest BCUT2D eigenvalue weighted by Crippen LogP contribution is 2.41. The Hall–Kier alpha value is -4.34. The van der Waals surface area contributed by atoms with Crippen molar-refractivity contribution in [2.24, 2.45) is 0 Å². The molecule has 0 radical (unpaired) electrons. The molecule has 3 aromatic rings. The van der Waals surface area contributed by atoms with Gasteiger partial charge in [0.2, 0.25) is 5.75 Å². The van der Waals surface area contributed by atoms with Gasteiger partial charge in [0.25, 0.3) is 5.56 Å². The van der Waals surface area contributed by atoms with Crippen molar-refractivity contribution in [1.29, 1.82) is 0 Å². The fourth-order valence-electron chi connectivity index (χ4n) is 3.84. The molecule has 2 heterocycles. The van der Waals surface area contributed by atoms with Gasteiger partial charge in [-0.3, -0.25) is 14.2 Å². The molecule has 10 nitrogen and oxygen atoms in total. The number of carboxylic acid groups (broad SMARTS) is 1. The normalized spacial score (nSPS) is 13.6. The molecule has 2 N–H and O–H groups in total. The Morgan fingerprint density at radius 2 is 1.85 bits per heavy atom. The van der Waals surface area contributed by atoms with Crippen molar-refractivity contribution >= 4 is 40.1 Å². The number of ether oxygens (including phenoxy) is 3. The van der Waals surface area contributed by atoms with Crippen molar-refractivity contribution in [3.8, 4) is 17.2 Å². The molecule has 0 atom stereocenters. The minimum atomic E-state index is -1.61. The van der Waals surface area contributed by atoms with Crippen molar-refractivity contribution in [3.63, 3.8) is 0 Å². The van der Waals surface area contributed by atoms with Crippen LogP contribution in [-0.4, -0.2) is 47.9 Å². The van der Waals surface area contributed by atoms with Crippen LogP contribution < -0.4 is 25.1 Å². The highest BCUT2D eigenvalue weighted by atomic mass is 16.5. The minimum absolute atomic E-state index is 0.214. The third-order valence-electron chi connectivity index (χ3n) is 5.36. The van der Waals surface area contributed by atoms with Crippen LogP contribution in [0.4, 0.5) is 5.69 Å². The third kappa shape index (κ3) is 3.86. The summed E-state index contributed by atoms with van der Waals surface area (Å²) in [6, 6.07) is 8.06. The van der Waals surface area contributed by atoms with Gasteiger partial charge in [0, 0.05) is 17.8 Å². The zero-order chi connectivity index (χ0) is 23.7. The van der Waals surface area contributed by atoms with Crippen LogP contribution in [0, 0.1) is 0 Å². The molecule has 0 bridgehead atoms. The Morgan fingerprint density at radius 3 is 2.52 bits per heavy atom. The van der Waals surface area contributed by atoms with Gasteiger partial charge in [-0.1, -0.05) is 0 Å². The zero-order valence-corrected chi connectivity index (χ0v) is 18.2. The third-order valence-corrected chi connectivity index (χ3v) is 5.36. The highest BCUT2D eigenvalue weighted by Gasteiger charge is 2.23. The van der Waals surface area contributed by atoms with Gasteiger partial charge in [-0.2, -0.15) is 0 Å². The molecule has 2 aromatic carbocycles. The first-order chi connectivity index (χ1) is 15.9. The molecule has 0 saturated carbocycles. The Kier molecular flexibility index (Phi) is 5.74. The number of aromatic nitrogens is 2. The Bertz CT molecular complexity index is 1370. The highest BCUT2D eigenvalue weighted by molar-refractivity contribution is 6.36. The summed E-state index contributed by atoms with van der Waals surface area (Å²) in [5.74, 6) is -0.815. The molecule has 1 aromatic heterocycles. The van der Waals surface area contributed by atoms with E-state index in [1.54, 1.807) is 10.6 Å². The van der Waals surface area contributed by atoms with Crippen LogP contribution >= 0.6 is 0 Å². The summed E-state index contributed by atoms with van der Waals surface area (Å²) in [5, 5.41) is 11.4. The van der Waals surface area contributed by atoms with E-state index in [4.69, 9.17) is 19.3 Å². The molecule has 0 fully saturated rings. The number of hydrogen-bond donors (Lipinski definition) is 2. The molecule has 0 aliphatic carbocycles. The van der Waals surface area contributed by atoms with E-state index in [0.29, 0.717) is 46.9 Å². The molecular weight excluding hydrogens is 430 g/mol. The van der Waals surface area contributed by atoms with Gasteiger partial charge in [-0.25, -0.2) is 9.78 Å². The fourth-order valence-corrected chi connectivity index (χ4v) is 3.84. The van der Waals surface area contributed by atoms with Crippen LogP contribution in [0.25, 0.3) is 22.6 Å². The second-order valence-electron chi connectivity index (χ2n) is 7.23. The average molecular weight is 451 g/mol. The van der Waals surface area contributed by atoms with E-state index in [9.17, 15) is 14.4 Å². The number of methoxy groups -OCH3 is 3. The lowest BCUT2D eigenvalue weighted by Gasteiger charge is -2.14. The molecule has 4 rings (SSSR count). The van der Waals surface area contributed by atoms with Gasteiger partial charge >= 0.3 is 11.9 Å². The quantitative estimate of drug-likeness (QED) is 0.566. The molecule has 33 heavy (non-hydrogen) atoms. The number of carboxylic acids is 1. The van der Waals surface area contributed by atoms with E-state index in [2.05, 4.69) is 10.3 Å². The van der Waals surface area contributed by atoms with Crippen LogP contribution in [0.5, 0.6) is 17.2 Å².